The predicted molar refractivity (Wildman–Crippen MR) is 119 cm³/mol. The number of halogens is 1. The van der Waals surface area contributed by atoms with Crippen molar-refractivity contribution in [1.82, 2.24) is 5.01 Å². The molecule has 5 nitrogen and oxygen atoms in total. The van der Waals surface area contributed by atoms with Gasteiger partial charge in [-0.15, -0.1) is 0 Å². The standard InChI is InChI=1S/C24H23BrN2O3/c1-14(2)28-18-8-5-16(6-9-18)24-27-21(19-12-17(25)7-11-22(19)30-24)13-20(26-27)23-10-4-15(3)29-23/h4-12,14,21,24H,13H2,1-3H3/t21-,24-/m1/s1. The Morgan fingerprint density at radius 2 is 1.90 bits per heavy atom. The highest BCUT2D eigenvalue weighted by molar-refractivity contribution is 9.10. The van der Waals surface area contributed by atoms with Crippen molar-refractivity contribution in [2.24, 2.45) is 5.10 Å². The van der Waals surface area contributed by atoms with Crippen LogP contribution in [-0.2, 0) is 0 Å². The van der Waals surface area contributed by atoms with Crippen LogP contribution in [0.1, 0.15) is 55.2 Å². The number of rotatable bonds is 4. The van der Waals surface area contributed by atoms with Crippen molar-refractivity contribution in [3.8, 4) is 11.5 Å². The molecule has 3 aromatic rings. The van der Waals surface area contributed by atoms with E-state index in [-0.39, 0.29) is 18.4 Å². The SMILES string of the molecule is Cc1ccc(C2=NN3[C@H](C2)c2cc(Br)ccc2O[C@@H]3c2ccc(OC(C)C)cc2)o1. The van der Waals surface area contributed by atoms with E-state index < -0.39 is 0 Å². The first-order chi connectivity index (χ1) is 14.5. The van der Waals surface area contributed by atoms with Gasteiger partial charge < -0.3 is 13.9 Å². The maximum absolute atomic E-state index is 6.42. The molecule has 30 heavy (non-hydrogen) atoms. The van der Waals surface area contributed by atoms with Crippen LogP contribution in [0.15, 0.2) is 68.6 Å². The van der Waals surface area contributed by atoms with Gasteiger partial charge in [-0.05, 0) is 75.4 Å². The van der Waals surface area contributed by atoms with E-state index in [1.165, 1.54) is 0 Å². The summed E-state index contributed by atoms with van der Waals surface area (Å²) in [5.74, 6) is 3.44. The number of ether oxygens (including phenoxy) is 2. The lowest BCUT2D eigenvalue weighted by atomic mass is 9.97. The molecule has 0 aliphatic carbocycles. The molecule has 0 N–H and O–H groups in total. The topological polar surface area (TPSA) is 47.2 Å². The van der Waals surface area contributed by atoms with E-state index in [2.05, 4.69) is 27.0 Å². The van der Waals surface area contributed by atoms with Crippen LogP contribution < -0.4 is 9.47 Å². The minimum Gasteiger partial charge on any atom is -0.491 e. The van der Waals surface area contributed by atoms with E-state index in [9.17, 15) is 0 Å². The van der Waals surface area contributed by atoms with Crippen molar-refractivity contribution in [1.29, 1.82) is 0 Å². The summed E-state index contributed by atoms with van der Waals surface area (Å²) >= 11 is 3.59. The van der Waals surface area contributed by atoms with E-state index in [0.29, 0.717) is 0 Å². The molecule has 154 valence electrons. The zero-order valence-electron chi connectivity index (χ0n) is 17.1. The van der Waals surface area contributed by atoms with Crippen molar-refractivity contribution in [3.63, 3.8) is 0 Å². The third-order valence-corrected chi connectivity index (χ3v) is 5.81. The molecule has 0 radical (unpaired) electrons. The Balaban J connectivity index is 1.53. The second kappa shape index (κ2) is 7.51. The zero-order chi connectivity index (χ0) is 20.8. The van der Waals surface area contributed by atoms with Crippen LogP contribution in [0.4, 0.5) is 0 Å². The maximum Gasteiger partial charge on any atom is 0.213 e. The number of nitrogens with zero attached hydrogens (tertiary/aromatic N) is 2. The first-order valence-corrected chi connectivity index (χ1v) is 10.9. The molecule has 0 saturated heterocycles. The molecular formula is C24H23BrN2O3. The summed E-state index contributed by atoms with van der Waals surface area (Å²) in [4.78, 5) is 0. The van der Waals surface area contributed by atoms with Crippen LogP contribution in [0.25, 0.3) is 0 Å². The maximum atomic E-state index is 6.42. The summed E-state index contributed by atoms with van der Waals surface area (Å²) < 4.78 is 19.1. The zero-order valence-corrected chi connectivity index (χ0v) is 18.7. The summed E-state index contributed by atoms with van der Waals surface area (Å²) in [5.41, 5.74) is 3.10. The highest BCUT2D eigenvalue weighted by atomic mass is 79.9. The minimum atomic E-state index is -0.315. The monoisotopic (exact) mass is 466 g/mol. The Hall–Kier alpha value is -2.73. The summed E-state index contributed by atoms with van der Waals surface area (Å²) in [6.45, 7) is 5.99. The molecule has 5 rings (SSSR count). The first kappa shape index (κ1) is 19.2. The third kappa shape index (κ3) is 3.49. The molecule has 0 fully saturated rings. The second-order valence-corrected chi connectivity index (χ2v) is 8.86. The fraction of sp³-hybridized carbons (Fsp3) is 0.292. The smallest absolute Gasteiger partial charge is 0.213 e. The van der Waals surface area contributed by atoms with Gasteiger partial charge in [-0.1, -0.05) is 15.9 Å². The van der Waals surface area contributed by atoms with Gasteiger partial charge in [-0.25, -0.2) is 5.01 Å². The van der Waals surface area contributed by atoms with Gasteiger partial charge in [0, 0.05) is 22.0 Å². The normalized spacial score (nSPS) is 19.9. The van der Waals surface area contributed by atoms with Gasteiger partial charge in [0.05, 0.1) is 12.1 Å². The molecule has 0 unspecified atom stereocenters. The summed E-state index contributed by atoms with van der Waals surface area (Å²) in [7, 11) is 0. The van der Waals surface area contributed by atoms with Crippen molar-refractivity contribution < 1.29 is 13.9 Å². The van der Waals surface area contributed by atoms with E-state index in [0.717, 1.165) is 50.8 Å². The molecule has 2 aliphatic heterocycles. The van der Waals surface area contributed by atoms with Crippen LogP contribution in [0.2, 0.25) is 0 Å². The molecule has 1 aromatic heterocycles. The van der Waals surface area contributed by atoms with Crippen LogP contribution in [0.5, 0.6) is 11.5 Å². The Labute approximate surface area is 184 Å². The van der Waals surface area contributed by atoms with Crippen molar-refractivity contribution in [2.75, 3.05) is 0 Å². The number of aryl methyl sites for hydroxylation is 1. The van der Waals surface area contributed by atoms with Crippen molar-refractivity contribution in [3.05, 3.63) is 81.7 Å². The predicted octanol–water partition coefficient (Wildman–Crippen LogP) is 6.38. The third-order valence-electron chi connectivity index (χ3n) is 5.31. The Bertz CT molecular complexity index is 1100. The Morgan fingerprint density at radius 3 is 2.60 bits per heavy atom. The number of benzene rings is 2. The van der Waals surface area contributed by atoms with Crippen molar-refractivity contribution >= 4 is 21.6 Å². The molecule has 3 heterocycles. The fourth-order valence-corrected chi connectivity index (χ4v) is 4.38. The van der Waals surface area contributed by atoms with Crippen LogP contribution in [0, 0.1) is 6.92 Å². The van der Waals surface area contributed by atoms with Crippen LogP contribution in [0.3, 0.4) is 0 Å². The molecule has 0 bridgehead atoms. The van der Waals surface area contributed by atoms with Crippen molar-refractivity contribution in [2.45, 2.75) is 45.6 Å². The average molecular weight is 467 g/mol. The first-order valence-electron chi connectivity index (χ1n) is 10.1. The molecule has 6 heteroatoms. The molecular weight excluding hydrogens is 444 g/mol. The number of fused-ring (bicyclic) bond motifs is 3. The number of hydrogen-bond donors (Lipinski definition) is 0. The highest BCUT2D eigenvalue weighted by Crippen LogP contribution is 2.48. The van der Waals surface area contributed by atoms with Gasteiger partial charge in [0.2, 0.25) is 6.23 Å². The van der Waals surface area contributed by atoms with Gasteiger partial charge in [-0.3, -0.25) is 0 Å². The van der Waals surface area contributed by atoms with E-state index in [4.69, 9.17) is 19.0 Å². The highest BCUT2D eigenvalue weighted by Gasteiger charge is 2.41. The van der Waals surface area contributed by atoms with E-state index >= 15 is 0 Å². The summed E-state index contributed by atoms with van der Waals surface area (Å²) in [5, 5.41) is 6.99. The molecule has 0 saturated carbocycles. The average Bonchev–Trinajstić information content (AvgIpc) is 3.34. The summed E-state index contributed by atoms with van der Waals surface area (Å²) in [6, 6.07) is 18.3. The minimum absolute atomic E-state index is 0.0863. The van der Waals surface area contributed by atoms with E-state index in [1.54, 1.807) is 0 Å². The fourth-order valence-electron chi connectivity index (χ4n) is 4.00. The van der Waals surface area contributed by atoms with Crippen LogP contribution >= 0.6 is 15.9 Å². The molecule has 2 atom stereocenters. The molecule has 2 aliphatic rings. The van der Waals surface area contributed by atoms with Gasteiger partial charge >= 0.3 is 0 Å². The quantitative estimate of drug-likeness (QED) is 0.447. The molecule has 0 spiro atoms. The van der Waals surface area contributed by atoms with Crippen LogP contribution in [-0.4, -0.2) is 16.8 Å². The molecule has 0 amide bonds. The number of hydrogen-bond acceptors (Lipinski definition) is 5. The molecule has 2 aromatic carbocycles. The van der Waals surface area contributed by atoms with Gasteiger partial charge in [-0.2, -0.15) is 5.10 Å². The number of hydrazone groups is 1. The Morgan fingerprint density at radius 1 is 1.10 bits per heavy atom. The van der Waals surface area contributed by atoms with Gasteiger partial charge in [0.1, 0.15) is 28.7 Å². The number of furan rings is 1. The lowest BCUT2D eigenvalue weighted by Crippen LogP contribution is -2.33. The second-order valence-electron chi connectivity index (χ2n) is 7.94. The van der Waals surface area contributed by atoms with Gasteiger partial charge in [0.15, 0.2) is 0 Å². The largest absolute Gasteiger partial charge is 0.491 e. The lowest BCUT2D eigenvalue weighted by Gasteiger charge is -2.38. The Kier molecular flexibility index (Phi) is 4.82. The lowest BCUT2D eigenvalue weighted by molar-refractivity contribution is -0.0191. The van der Waals surface area contributed by atoms with Gasteiger partial charge in [0.25, 0.3) is 0 Å². The van der Waals surface area contributed by atoms with E-state index in [1.807, 2.05) is 69.3 Å². The summed E-state index contributed by atoms with van der Waals surface area (Å²) in [6.07, 6.45) is 0.592.